The number of carbonyl (C=O) groups excluding carboxylic acids is 9. The van der Waals surface area contributed by atoms with Crippen molar-refractivity contribution >= 4 is 36.7 Å². The minimum atomic E-state index is -0.410. The Balaban J connectivity index is -0.000000561. The predicted octanol–water partition coefficient (Wildman–Crippen LogP) is 4.94. The Hall–Kier alpha value is -4.83. The van der Waals surface area contributed by atoms with Gasteiger partial charge < -0.3 is 30.2 Å². The number of alkyl carbamates (subject to hydrolysis) is 3. The first-order valence-corrected chi connectivity index (χ1v) is 15.1. The van der Waals surface area contributed by atoms with E-state index in [0.29, 0.717) is 0 Å². The van der Waals surface area contributed by atoms with Crippen LogP contribution in [0.1, 0.15) is 101 Å². The van der Waals surface area contributed by atoms with Crippen molar-refractivity contribution in [3.05, 3.63) is 36.5 Å². The van der Waals surface area contributed by atoms with Gasteiger partial charge in [0.1, 0.15) is 16.8 Å². The Kier molecular flexibility index (Phi) is 26.0. The molecule has 0 fully saturated rings. The highest BCUT2D eigenvalue weighted by Gasteiger charge is 2.21. The largest absolute Gasteiger partial charge is 0.444 e. The van der Waals surface area contributed by atoms with Crippen LogP contribution >= 0.6 is 0 Å². The summed E-state index contributed by atoms with van der Waals surface area (Å²) < 4.78 is 15.4. The second-order valence-electron chi connectivity index (χ2n) is 13.1. The summed E-state index contributed by atoms with van der Waals surface area (Å²) >= 11 is 0. The van der Waals surface area contributed by atoms with Gasteiger partial charge in [-0.3, -0.25) is 0 Å². The van der Waals surface area contributed by atoms with E-state index in [-0.39, 0.29) is 54.9 Å². The van der Waals surface area contributed by atoms with Crippen LogP contribution in [0.25, 0.3) is 0 Å². The third-order valence-corrected chi connectivity index (χ3v) is 5.16. The van der Waals surface area contributed by atoms with Crippen molar-refractivity contribution < 1.29 is 57.4 Å². The summed E-state index contributed by atoms with van der Waals surface area (Å²) in [6.45, 7) is 16.7. The van der Waals surface area contributed by atoms with E-state index >= 15 is 0 Å². The molecule has 0 radical (unpaired) electrons. The lowest BCUT2D eigenvalue weighted by Crippen LogP contribution is -2.37. The topological polar surface area (TPSA) is 217 Å². The van der Waals surface area contributed by atoms with Crippen LogP contribution in [0, 0.1) is 0 Å². The summed E-state index contributed by atoms with van der Waals surface area (Å²) in [6, 6.07) is 0.555. The zero-order valence-electron chi connectivity index (χ0n) is 29.3. The molecule has 3 aliphatic rings. The van der Waals surface area contributed by atoms with E-state index < -0.39 is 16.8 Å². The molecule has 0 aromatic heterocycles. The third kappa shape index (κ3) is 35.6. The molecule has 270 valence electrons. The van der Waals surface area contributed by atoms with Crippen LogP contribution in [0.5, 0.6) is 0 Å². The molecule has 0 spiro atoms. The number of hydrogen-bond donors (Lipinski definition) is 3. The van der Waals surface area contributed by atoms with Crippen molar-refractivity contribution in [2.75, 3.05) is 0 Å². The van der Waals surface area contributed by atoms with E-state index in [4.69, 9.17) is 43.0 Å². The average Bonchev–Trinajstić information content (AvgIpc) is 3.68. The van der Waals surface area contributed by atoms with Gasteiger partial charge in [-0.1, -0.05) is 36.5 Å². The summed E-state index contributed by atoms with van der Waals surface area (Å²) in [7, 11) is 0. The molecule has 0 aromatic carbocycles. The van der Waals surface area contributed by atoms with Gasteiger partial charge in [0, 0.05) is 6.04 Å². The lowest BCUT2D eigenvalue weighted by Gasteiger charge is -2.21. The van der Waals surface area contributed by atoms with Crippen LogP contribution in [0.4, 0.5) is 14.4 Å². The molecule has 15 heteroatoms. The van der Waals surface area contributed by atoms with Gasteiger partial charge in [-0.2, -0.15) is 28.8 Å². The quantitative estimate of drug-likeness (QED) is 0.267. The molecule has 3 rings (SSSR count). The third-order valence-electron chi connectivity index (χ3n) is 5.16. The van der Waals surface area contributed by atoms with Crippen LogP contribution in [0.3, 0.4) is 0 Å². The second kappa shape index (κ2) is 26.3. The summed E-state index contributed by atoms with van der Waals surface area (Å²) in [4.78, 5) is 82.5. The van der Waals surface area contributed by atoms with E-state index in [2.05, 4.69) is 40.3 Å². The van der Waals surface area contributed by atoms with Crippen LogP contribution in [-0.4, -0.2) is 71.7 Å². The van der Waals surface area contributed by atoms with Gasteiger partial charge in [-0.15, -0.1) is 0 Å². The highest BCUT2D eigenvalue weighted by Crippen LogP contribution is 2.13. The van der Waals surface area contributed by atoms with Gasteiger partial charge in [0.05, 0.1) is 12.1 Å². The molecule has 0 unspecified atom stereocenters. The number of nitrogens with one attached hydrogen (secondary N) is 3. The molecule has 2 atom stereocenters. The molecule has 0 saturated carbocycles. The highest BCUT2D eigenvalue weighted by atomic mass is 16.6. The fraction of sp³-hybridized carbons (Fsp3) is 0.636. The van der Waals surface area contributed by atoms with Gasteiger partial charge in [0.2, 0.25) is 0 Å². The van der Waals surface area contributed by atoms with Gasteiger partial charge in [-0.25, -0.2) is 14.4 Å². The Bertz CT molecular complexity index is 1060. The van der Waals surface area contributed by atoms with Crippen LogP contribution in [0.15, 0.2) is 36.5 Å². The molecule has 0 heterocycles. The van der Waals surface area contributed by atoms with Gasteiger partial charge in [0.25, 0.3) is 0 Å². The van der Waals surface area contributed by atoms with E-state index in [9.17, 15) is 14.4 Å². The van der Waals surface area contributed by atoms with Crippen molar-refractivity contribution in [2.45, 2.75) is 136 Å². The normalized spacial score (nSPS) is 16.9. The Labute approximate surface area is 282 Å². The zero-order valence-corrected chi connectivity index (χ0v) is 29.3. The molecular weight excluding hydrogens is 630 g/mol. The molecule has 0 aliphatic heterocycles. The molecule has 0 aromatic rings. The van der Waals surface area contributed by atoms with E-state index in [1.54, 1.807) is 0 Å². The van der Waals surface area contributed by atoms with E-state index in [0.717, 1.165) is 38.5 Å². The molecule has 48 heavy (non-hydrogen) atoms. The standard InChI is InChI=1S/3C10H17NO2.3CO2/c3*1-10(2,3)13-9(12)11-8-6-4-5-7-8;3*2-1-3/h2*4,6,8H,5,7H2,1-3H3,(H,11,12);4-5,8H,6-7H2,1-3H3,(H,11,12);;;/t2*8-;;;;/m00..../s1. The van der Waals surface area contributed by atoms with E-state index in [1.165, 1.54) is 0 Å². The molecule has 3 aliphatic carbocycles. The summed E-state index contributed by atoms with van der Waals surface area (Å²) in [5.74, 6) is 0. The zero-order chi connectivity index (χ0) is 37.8. The maximum Gasteiger partial charge on any atom is 0.408 e. The summed E-state index contributed by atoms with van der Waals surface area (Å²) in [5, 5.41) is 8.39. The van der Waals surface area contributed by atoms with Crippen LogP contribution in [0.2, 0.25) is 0 Å². The number of amides is 3. The minimum Gasteiger partial charge on any atom is -0.444 e. The molecular formula is C33H51N3O12. The van der Waals surface area contributed by atoms with Crippen LogP contribution in [-0.2, 0) is 43.0 Å². The number of carbonyl (C=O) groups is 3. The van der Waals surface area contributed by atoms with Gasteiger partial charge in [-0.05, 0) is 101 Å². The molecule has 15 nitrogen and oxygen atoms in total. The average molecular weight is 682 g/mol. The first kappa shape index (κ1) is 47.6. The number of ether oxygens (including phenoxy) is 3. The number of allylic oxidation sites excluding steroid dienone is 2. The fourth-order valence-corrected chi connectivity index (χ4v) is 3.63. The second-order valence-corrected chi connectivity index (χ2v) is 13.1. The monoisotopic (exact) mass is 681 g/mol. The van der Waals surface area contributed by atoms with Gasteiger partial charge >= 0.3 is 36.7 Å². The molecule has 0 saturated heterocycles. The summed E-state index contributed by atoms with van der Waals surface area (Å²) in [5.41, 5.74) is -1.23. The molecule has 3 N–H and O–H groups in total. The lowest BCUT2D eigenvalue weighted by molar-refractivity contribution is -0.193. The number of hydrogen-bond acceptors (Lipinski definition) is 12. The van der Waals surface area contributed by atoms with Crippen LogP contribution < -0.4 is 16.0 Å². The predicted molar refractivity (Wildman–Crippen MR) is 170 cm³/mol. The maximum atomic E-state index is 11.3. The smallest absolute Gasteiger partial charge is 0.408 e. The Morgan fingerprint density at radius 3 is 1.02 bits per heavy atom. The lowest BCUT2D eigenvalue weighted by atomic mass is 10.2. The van der Waals surface area contributed by atoms with Crippen molar-refractivity contribution in [1.82, 2.24) is 16.0 Å². The van der Waals surface area contributed by atoms with Crippen molar-refractivity contribution in [3.8, 4) is 0 Å². The molecule has 3 amide bonds. The minimum absolute atomic E-state index is 0.162. The SMILES string of the molecule is CC(C)(C)OC(=O)NC1CC=CC1.CC(C)(C)OC(=O)N[C@H]1C=CCC1.CC(C)(C)OC(=O)N[C@H]1C=CCC1.O=C=O.O=C=O.O=C=O. The van der Waals surface area contributed by atoms with Crippen molar-refractivity contribution in [1.29, 1.82) is 0 Å². The van der Waals surface area contributed by atoms with Crippen molar-refractivity contribution in [3.63, 3.8) is 0 Å². The first-order valence-electron chi connectivity index (χ1n) is 15.1. The van der Waals surface area contributed by atoms with E-state index in [1.807, 2.05) is 74.5 Å². The van der Waals surface area contributed by atoms with Gasteiger partial charge in [0.15, 0.2) is 0 Å². The van der Waals surface area contributed by atoms with Crippen molar-refractivity contribution in [2.24, 2.45) is 0 Å². The first-order chi connectivity index (χ1) is 22.2. The Morgan fingerprint density at radius 2 is 0.792 bits per heavy atom. The summed E-state index contributed by atoms with van der Waals surface area (Å²) in [6.07, 6.45) is 18.0. The maximum absolute atomic E-state index is 11.3. The molecule has 0 bridgehead atoms. The Morgan fingerprint density at radius 1 is 0.521 bits per heavy atom. The highest BCUT2D eigenvalue weighted by molar-refractivity contribution is 5.69. The number of rotatable bonds is 3. The fourth-order valence-electron chi connectivity index (χ4n) is 3.63.